The second-order valence-corrected chi connectivity index (χ2v) is 11.4. The highest BCUT2D eigenvalue weighted by Crippen LogP contribution is 2.32. The second kappa shape index (κ2) is 10.2. The van der Waals surface area contributed by atoms with E-state index in [1.165, 1.54) is 10.4 Å². The fourth-order valence-electron chi connectivity index (χ4n) is 3.24. The summed E-state index contributed by atoms with van der Waals surface area (Å²) in [4.78, 5) is 13.2. The first kappa shape index (κ1) is 23.9. The van der Waals surface area contributed by atoms with Crippen molar-refractivity contribution >= 4 is 39.0 Å². The van der Waals surface area contributed by atoms with Gasteiger partial charge in [-0.05, 0) is 49.9 Å². The maximum atomic E-state index is 13.1. The minimum Gasteiger partial charge on any atom is -0.493 e. The number of ether oxygens (including phenoxy) is 2. The molecule has 31 heavy (non-hydrogen) atoms. The number of nitrogens with one attached hydrogen (secondary N) is 1. The Morgan fingerprint density at radius 2 is 1.84 bits per heavy atom. The molecule has 0 spiro atoms. The van der Waals surface area contributed by atoms with Gasteiger partial charge in [0.1, 0.15) is 9.77 Å². The van der Waals surface area contributed by atoms with Gasteiger partial charge >= 0.3 is 0 Å². The van der Waals surface area contributed by atoms with Crippen molar-refractivity contribution in [1.82, 2.24) is 9.62 Å². The van der Waals surface area contributed by atoms with Gasteiger partial charge in [0.05, 0.1) is 19.3 Å². The SMILES string of the molecule is COc1cc(C(C)NC(=O)c2sccc2S(=O)(=O)N2CCSCC2)ccc1OC(C)C. The third-order valence-corrected chi connectivity index (χ3v) is 8.75. The molecule has 7 nitrogen and oxygen atoms in total. The van der Waals surface area contributed by atoms with Crippen molar-refractivity contribution in [2.75, 3.05) is 31.7 Å². The van der Waals surface area contributed by atoms with Gasteiger partial charge in [-0.25, -0.2) is 8.42 Å². The Morgan fingerprint density at radius 3 is 2.48 bits per heavy atom. The van der Waals surface area contributed by atoms with Gasteiger partial charge in [-0.3, -0.25) is 4.79 Å². The molecule has 1 unspecified atom stereocenters. The molecule has 170 valence electrons. The van der Waals surface area contributed by atoms with Crippen LogP contribution in [0.5, 0.6) is 11.5 Å². The van der Waals surface area contributed by atoms with Gasteiger partial charge in [0, 0.05) is 24.6 Å². The summed E-state index contributed by atoms with van der Waals surface area (Å²) in [5, 5.41) is 4.56. The number of rotatable bonds is 8. The van der Waals surface area contributed by atoms with Crippen LogP contribution in [0.1, 0.15) is 42.0 Å². The molecule has 1 aromatic carbocycles. The number of amides is 1. The normalized spacial score (nSPS) is 16.2. The van der Waals surface area contributed by atoms with Gasteiger partial charge in [0.2, 0.25) is 10.0 Å². The predicted molar refractivity (Wildman–Crippen MR) is 125 cm³/mol. The molecule has 1 aromatic heterocycles. The zero-order valence-corrected chi connectivity index (χ0v) is 20.5. The van der Waals surface area contributed by atoms with Crippen molar-refractivity contribution in [2.45, 2.75) is 37.8 Å². The van der Waals surface area contributed by atoms with E-state index in [0.29, 0.717) is 24.6 Å². The van der Waals surface area contributed by atoms with Crippen LogP contribution in [0.3, 0.4) is 0 Å². The molecule has 1 atom stereocenters. The van der Waals surface area contributed by atoms with Crippen LogP contribution in [0.4, 0.5) is 0 Å². The molecule has 0 aliphatic carbocycles. The van der Waals surface area contributed by atoms with Gasteiger partial charge in [0.15, 0.2) is 11.5 Å². The number of thiophene rings is 1. The van der Waals surface area contributed by atoms with Crippen molar-refractivity contribution in [2.24, 2.45) is 0 Å². The Hall–Kier alpha value is -1.75. The van der Waals surface area contributed by atoms with Crippen LogP contribution in [-0.2, 0) is 10.0 Å². The van der Waals surface area contributed by atoms with Crippen LogP contribution in [0.15, 0.2) is 34.5 Å². The van der Waals surface area contributed by atoms with Crippen LogP contribution < -0.4 is 14.8 Å². The molecule has 2 heterocycles. The molecular formula is C21H28N2O5S3. The van der Waals surface area contributed by atoms with Gasteiger partial charge in [-0.15, -0.1) is 11.3 Å². The molecule has 3 rings (SSSR count). The highest BCUT2D eigenvalue weighted by atomic mass is 32.2. The number of sulfonamides is 1. The summed E-state index contributed by atoms with van der Waals surface area (Å²) in [6.45, 7) is 6.65. The molecule has 10 heteroatoms. The van der Waals surface area contributed by atoms with Crippen LogP contribution >= 0.6 is 23.1 Å². The van der Waals surface area contributed by atoms with E-state index < -0.39 is 15.9 Å². The smallest absolute Gasteiger partial charge is 0.263 e. The zero-order chi connectivity index (χ0) is 22.6. The summed E-state index contributed by atoms with van der Waals surface area (Å²) >= 11 is 2.87. The summed E-state index contributed by atoms with van der Waals surface area (Å²) in [5.41, 5.74) is 0.829. The van der Waals surface area contributed by atoms with E-state index in [4.69, 9.17) is 9.47 Å². The van der Waals surface area contributed by atoms with Gasteiger partial charge in [-0.2, -0.15) is 16.1 Å². The molecular weight excluding hydrogens is 456 g/mol. The number of nitrogens with zero attached hydrogens (tertiary/aromatic N) is 1. The third-order valence-electron chi connectivity index (χ3n) is 4.82. The number of thioether (sulfide) groups is 1. The summed E-state index contributed by atoms with van der Waals surface area (Å²) in [5.74, 6) is 2.33. The Morgan fingerprint density at radius 1 is 1.13 bits per heavy atom. The fourth-order valence-corrected chi connectivity index (χ4v) is 7.12. The first-order chi connectivity index (χ1) is 14.7. The Bertz CT molecular complexity index is 1010. The molecule has 0 radical (unpaired) electrons. The number of hydrogen-bond donors (Lipinski definition) is 1. The van der Waals surface area contributed by atoms with E-state index in [9.17, 15) is 13.2 Å². The minimum atomic E-state index is -3.69. The van der Waals surface area contributed by atoms with Gasteiger partial charge in [0.25, 0.3) is 5.91 Å². The van der Waals surface area contributed by atoms with Crippen LogP contribution in [0.25, 0.3) is 0 Å². The molecule has 0 bridgehead atoms. The monoisotopic (exact) mass is 484 g/mol. The fraction of sp³-hybridized carbons (Fsp3) is 0.476. The lowest BCUT2D eigenvalue weighted by molar-refractivity contribution is 0.0940. The lowest BCUT2D eigenvalue weighted by Crippen LogP contribution is -2.38. The standard InChI is InChI=1S/C21H28N2O5S3/c1-14(2)28-17-6-5-16(13-18(17)27-4)15(3)22-21(24)20-19(7-10-30-20)31(25,26)23-8-11-29-12-9-23/h5-7,10,13-15H,8-9,11-12H2,1-4H3,(H,22,24). The summed E-state index contributed by atoms with van der Waals surface area (Å²) in [6, 6.07) is 6.66. The minimum absolute atomic E-state index is 0.00886. The number of carbonyl (C=O) groups is 1. The summed E-state index contributed by atoms with van der Waals surface area (Å²) in [6.07, 6.45) is 0.00886. The Labute approximate surface area is 192 Å². The number of benzene rings is 1. The van der Waals surface area contributed by atoms with Crippen molar-refractivity contribution < 1.29 is 22.7 Å². The maximum absolute atomic E-state index is 13.1. The lowest BCUT2D eigenvalue weighted by atomic mass is 10.1. The topological polar surface area (TPSA) is 84.9 Å². The highest BCUT2D eigenvalue weighted by Gasteiger charge is 2.31. The number of hydrogen-bond acceptors (Lipinski definition) is 7. The number of carbonyl (C=O) groups excluding carboxylic acids is 1. The van der Waals surface area contributed by atoms with Gasteiger partial charge in [-0.1, -0.05) is 6.07 Å². The van der Waals surface area contributed by atoms with Crippen molar-refractivity contribution in [3.05, 3.63) is 40.1 Å². The van der Waals surface area contributed by atoms with E-state index in [2.05, 4.69) is 5.32 Å². The van der Waals surface area contributed by atoms with Crippen molar-refractivity contribution in [3.8, 4) is 11.5 Å². The second-order valence-electron chi connectivity index (χ2n) is 7.40. The van der Waals surface area contributed by atoms with Crippen LogP contribution in [0, 0.1) is 0 Å². The molecule has 1 saturated heterocycles. The largest absolute Gasteiger partial charge is 0.493 e. The molecule has 1 aliphatic rings. The van der Waals surface area contributed by atoms with Crippen LogP contribution in [0.2, 0.25) is 0 Å². The lowest BCUT2D eigenvalue weighted by Gasteiger charge is -2.25. The molecule has 1 amide bonds. The predicted octanol–water partition coefficient (Wildman–Crippen LogP) is 3.77. The van der Waals surface area contributed by atoms with Gasteiger partial charge < -0.3 is 14.8 Å². The summed E-state index contributed by atoms with van der Waals surface area (Å²) in [7, 11) is -2.12. The van der Waals surface area contributed by atoms with E-state index >= 15 is 0 Å². The first-order valence-electron chi connectivity index (χ1n) is 10.0. The Balaban J connectivity index is 1.77. The molecule has 0 saturated carbocycles. The average molecular weight is 485 g/mol. The molecule has 1 N–H and O–H groups in total. The Kier molecular flexibility index (Phi) is 7.90. The average Bonchev–Trinajstić information content (AvgIpc) is 3.25. The molecule has 1 fully saturated rings. The first-order valence-corrected chi connectivity index (χ1v) is 13.5. The maximum Gasteiger partial charge on any atom is 0.263 e. The zero-order valence-electron chi connectivity index (χ0n) is 18.1. The molecule has 2 aromatic rings. The quantitative estimate of drug-likeness (QED) is 0.614. The van der Waals surface area contributed by atoms with Crippen LogP contribution in [-0.4, -0.2) is 56.4 Å². The molecule has 1 aliphatic heterocycles. The third kappa shape index (κ3) is 5.54. The van der Waals surface area contributed by atoms with E-state index in [-0.39, 0.29) is 21.9 Å². The highest BCUT2D eigenvalue weighted by molar-refractivity contribution is 7.99. The van der Waals surface area contributed by atoms with E-state index in [0.717, 1.165) is 28.4 Å². The number of methoxy groups -OCH3 is 1. The van der Waals surface area contributed by atoms with E-state index in [1.54, 1.807) is 24.3 Å². The van der Waals surface area contributed by atoms with Crippen molar-refractivity contribution in [3.63, 3.8) is 0 Å². The van der Waals surface area contributed by atoms with E-state index in [1.807, 2.05) is 39.0 Å². The summed E-state index contributed by atoms with van der Waals surface area (Å²) < 4.78 is 38.7. The van der Waals surface area contributed by atoms with Crippen molar-refractivity contribution in [1.29, 1.82) is 0 Å².